The zero-order valence-electron chi connectivity index (χ0n) is 13.0. The van der Waals surface area contributed by atoms with Crippen LogP contribution in [0, 0.1) is 12.7 Å². The third-order valence-corrected chi connectivity index (χ3v) is 3.48. The molecule has 1 aromatic carbocycles. The summed E-state index contributed by atoms with van der Waals surface area (Å²) in [5, 5.41) is 11.3. The molecule has 0 heterocycles. The third-order valence-electron chi connectivity index (χ3n) is 3.48. The Bertz CT molecular complexity index is 503. The first-order valence-electron chi connectivity index (χ1n) is 7.72. The second-order valence-electron chi connectivity index (χ2n) is 5.49. The fraction of sp³-hybridized carbons (Fsp3) is 0.529. The van der Waals surface area contributed by atoms with Gasteiger partial charge in [-0.1, -0.05) is 18.6 Å². The summed E-state index contributed by atoms with van der Waals surface area (Å²) in [5.74, 6) is -0.971. The average Bonchev–Trinajstić information content (AvgIpc) is 2.46. The van der Waals surface area contributed by atoms with Crippen molar-refractivity contribution >= 4 is 11.9 Å². The van der Waals surface area contributed by atoms with Crippen LogP contribution in [0.25, 0.3) is 0 Å². The second kappa shape index (κ2) is 9.92. The summed E-state index contributed by atoms with van der Waals surface area (Å²) >= 11 is 0. The zero-order valence-corrected chi connectivity index (χ0v) is 13.0. The number of carboxylic acid groups (broad SMARTS) is 1. The van der Waals surface area contributed by atoms with Gasteiger partial charge in [-0.15, -0.1) is 0 Å². The number of nitrogens with one attached hydrogen (secondary N) is 1. The van der Waals surface area contributed by atoms with E-state index in [1.807, 2.05) is 6.07 Å². The van der Waals surface area contributed by atoms with Crippen LogP contribution < -0.4 is 5.32 Å². The van der Waals surface area contributed by atoms with Crippen LogP contribution in [-0.2, 0) is 16.0 Å². The largest absolute Gasteiger partial charge is 0.481 e. The number of halogens is 1. The minimum absolute atomic E-state index is 0.0112. The van der Waals surface area contributed by atoms with Crippen LogP contribution in [0.2, 0.25) is 0 Å². The highest BCUT2D eigenvalue weighted by molar-refractivity contribution is 5.75. The van der Waals surface area contributed by atoms with Gasteiger partial charge < -0.3 is 10.4 Å². The summed E-state index contributed by atoms with van der Waals surface area (Å²) in [6.45, 7) is 2.32. The number of unbranched alkanes of at least 4 members (excludes halogenated alkanes) is 2. The molecule has 0 aliphatic heterocycles. The van der Waals surface area contributed by atoms with Gasteiger partial charge in [-0.2, -0.15) is 0 Å². The summed E-state index contributed by atoms with van der Waals surface area (Å²) in [6, 6.07) is 5.03. The molecule has 0 spiro atoms. The van der Waals surface area contributed by atoms with Crippen LogP contribution in [0.1, 0.15) is 49.7 Å². The fourth-order valence-corrected chi connectivity index (χ4v) is 2.21. The Balaban J connectivity index is 2.08. The van der Waals surface area contributed by atoms with Gasteiger partial charge in [-0.05, 0) is 49.8 Å². The van der Waals surface area contributed by atoms with Crippen molar-refractivity contribution in [2.45, 2.75) is 51.9 Å². The molecule has 0 fully saturated rings. The van der Waals surface area contributed by atoms with Gasteiger partial charge >= 0.3 is 5.97 Å². The smallest absolute Gasteiger partial charge is 0.303 e. The van der Waals surface area contributed by atoms with E-state index in [1.54, 1.807) is 13.0 Å². The molecule has 0 radical (unpaired) electrons. The van der Waals surface area contributed by atoms with Crippen LogP contribution in [-0.4, -0.2) is 23.5 Å². The molecule has 0 aliphatic carbocycles. The minimum atomic E-state index is -0.778. The molecular formula is C17H24FNO3. The average molecular weight is 309 g/mol. The Labute approximate surface area is 130 Å². The number of amides is 1. The van der Waals surface area contributed by atoms with E-state index in [4.69, 9.17) is 5.11 Å². The minimum Gasteiger partial charge on any atom is -0.481 e. The molecule has 0 unspecified atom stereocenters. The maximum atomic E-state index is 13.1. The predicted octanol–water partition coefficient (Wildman–Crippen LogP) is 3.22. The summed E-state index contributed by atoms with van der Waals surface area (Å²) in [5.41, 5.74) is 1.67. The highest BCUT2D eigenvalue weighted by Gasteiger charge is 2.03. The van der Waals surface area contributed by atoms with E-state index in [1.165, 1.54) is 6.07 Å². The first-order valence-corrected chi connectivity index (χ1v) is 7.72. The molecule has 0 atom stereocenters. The van der Waals surface area contributed by atoms with Gasteiger partial charge in [-0.25, -0.2) is 4.39 Å². The molecule has 5 heteroatoms. The van der Waals surface area contributed by atoms with Crippen LogP contribution in [0.3, 0.4) is 0 Å². The fourth-order valence-electron chi connectivity index (χ4n) is 2.21. The second-order valence-corrected chi connectivity index (χ2v) is 5.49. The molecule has 122 valence electrons. The van der Waals surface area contributed by atoms with Gasteiger partial charge in [0.1, 0.15) is 5.82 Å². The van der Waals surface area contributed by atoms with E-state index in [0.29, 0.717) is 24.9 Å². The topological polar surface area (TPSA) is 66.4 Å². The van der Waals surface area contributed by atoms with E-state index < -0.39 is 5.97 Å². The van der Waals surface area contributed by atoms with Crippen molar-refractivity contribution < 1.29 is 19.1 Å². The molecule has 22 heavy (non-hydrogen) atoms. The first-order chi connectivity index (χ1) is 10.5. The number of hydrogen-bond donors (Lipinski definition) is 2. The highest BCUT2D eigenvalue weighted by atomic mass is 19.1. The Morgan fingerprint density at radius 1 is 1.14 bits per heavy atom. The van der Waals surface area contributed by atoms with Crippen molar-refractivity contribution in [2.24, 2.45) is 0 Å². The monoisotopic (exact) mass is 309 g/mol. The number of aryl methyl sites for hydroxylation is 2. The molecule has 0 aliphatic rings. The Kier molecular flexibility index (Phi) is 8.18. The van der Waals surface area contributed by atoms with Crippen molar-refractivity contribution in [3.8, 4) is 0 Å². The van der Waals surface area contributed by atoms with Crippen molar-refractivity contribution in [2.75, 3.05) is 6.54 Å². The first kappa shape index (κ1) is 18.1. The molecule has 0 aromatic heterocycles. The lowest BCUT2D eigenvalue weighted by Crippen LogP contribution is -2.24. The molecule has 1 amide bonds. The Hall–Kier alpha value is -1.91. The quantitative estimate of drug-likeness (QED) is 0.652. The standard InChI is InChI=1S/C17H24FNO3/c1-13-12-14(9-10-15(13)18)6-5-7-16(20)19-11-4-2-3-8-17(21)22/h9-10,12H,2-8,11H2,1H3,(H,19,20)(H,21,22). The lowest BCUT2D eigenvalue weighted by Gasteiger charge is -2.06. The van der Waals surface area contributed by atoms with Gasteiger partial charge in [0.25, 0.3) is 0 Å². The lowest BCUT2D eigenvalue weighted by atomic mass is 10.1. The van der Waals surface area contributed by atoms with E-state index >= 15 is 0 Å². The number of hydrogen-bond acceptors (Lipinski definition) is 2. The van der Waals surface area contributed by atoms with Crippen molar-refractivity contribution in [3.63, 3.8) is 0 Å². The van der Waals surface area contributed by atoms with Crippen LogP contribution in [0.15, 0.2) is 18.2 Å². The van der Waals surface area contributed by atoms with Crippen molar-refractivity contribution in [3.05, 3.63) is 35.1 Å². The van der Waals surface area contributed by atoms with E-state index in [9.17, 15) is 14.0 Å². The maximum absolute atomic E-state index is 13.1. The van der Waals surface area contributed by atoms with E-state index in [-0.39, 0.29) is 18.1 Å². The van der Waals surface area contributed by atoms with Crippen LogP contribution >= 0.6 is 0 Å². The number of benzene rings is 1. The Morgan fingerprint density at radius 2 is 1.91 bits per heavy atom. The molecule has 0 saturated carbocycles. The number of carbonyl (C=O) groups is 2. The summed E-state index contributed by atoms with van der Waals surface area (Å²) in [7, 11) is 0. The molecular weight excluding hydrogens is 285 g/mol. The van der Waals surface area contributed by atoms with Crippen molar-refractivity contribution in [1.29, 1.82) is 0 Å². The number of rotatable bonds is 10. The molecule has 1 aromatic rings. The number of carboxylic acids is 1. The van der Waals surface area contributed by atoms with Crippen LogP contribution in [0.4, 0.5) is 4.39 Å². The van der Waals surface area contributed by atoms with Gasteiger partial charge in [0.15, 0.2) is 0 Å². The number of aliphatic carboxylic acids is 1. The maximum Gasteiger partial charge on any atom is 0.303 e. The molecule has 0 bridgehead atoms. The number of carbonyl (C=O) groups excluding carboxylic acids is 1. The van der Waals surface area contributed by atoms with Gasteiger partial charge in [0, 0.05) is 19.4 Å². The third kappa shape index (κ3) is 7.76. The SMILES string of the molecule is Cc1cc(CCCC(=O)NCCCCCC(=O)O)ccc1F. The summed E-state index contributed by atoms with van der Waals surface area (Å²) in [4.78, 5) is 22.0. The molecule has 1 rings (SSSR count). The van der Waals surface area contributed by atoms with Gasteiger partial charge in [0.05, 0.1) is 0 Å². The lowest BCUT2D eigenvalue weighted by molar-refractivity contribution is -0.137. The van der Waals surface area contributed by atoms with Gasteiger partial charge in [0.2, 0.25) is 5.91 Å². The predicted molar refractivity (Wildman–Crippen MR) is 83.2 cm³/mol. The molecule has 2 N–H and O–H groups in total. The van der Waals surface area contributed by atoms with E-state index in [0.717, 1.165) is 31.2 Å². The van der Waals surface area contributed by atoms with Crippen molar-refractivity contribution in [1.82, 2.24) is 5.32 Å². The highest BCUT2D eigenvalue weighted by Crippen LogP contribution is 2.11. The summed E-state index contributed by atoms with van der Waals surface area (Å²) in [6.07, 6.45) is 4.38. The molecule has 0 saturated heterocycles. The summed E-state index contributed by atoms with van der Waals surface area (Å²) < 4.78 is 13.1. The zero-order chi connectivity index (χ0) is 16.4. The molecule has 4 nitrogen and oxygen atoms in total. The van der Waals surface area contributed by atoms with Gasteiger partial charge in [-0.3, -0.25) is 9.59 Å². The van der Waals surface area contributed by atoms with E-state index in [2.05, 4.69) is 5.32 Å². The normalized spacial score (nSPS) is 10.5. The van der Waals surface area contributed by atoms with Crippen LogP contribution in [0.5, 0.6) is 0 Å². The Morgan fingerprint density at radius 3 is 2.59 bits per heavy atom.